The quantitative estimate of drug-likeness (QED) is 0.821. The number of rotatable bonds is 3. The number of hydrogen-bond acceptors (Lipinski definition) is 3. The van der Waals surface area contributed by atoms with Crippen LogP contribution in [-0.4, -0.2) is 20.1 Å². The fourth-order valence-electron chi connectivity index (χ4n) is 3.78. The molecule has 0 bridgehead atoms. The molecule has 4 rings (SSSR count). The third-order valence-electron chi connectivity index (χ3n) is 4.93. The first-order valence-electron chi connectivity index (χ1n) is 8.27. The van der Waals surface area contributed by atoms with Gasteiger partial charge in [0, 0.05) is 22.0 Å². The maximum absolute atomic E-state index is 12.0. The molecule has 0 aromatic heterocycles. The Kier molecular flexibility index (Phi) is 4.33. The number of methoxy groups -OCH3 is 2. The molecule has 0 saturated carbocycles. The highest BCUT2D eigenvalue weighted by Crippen LogP contribution is 2.51. The molecule has 0 radical (unpaired) electrons. The van der Waals surface area contributed by atoms with Crippen molar-refractivity contribution in [3.05, 3.63) is 62.6 Å². The van der Waals surface area contributed by atoms with Crippen molar-refractivity contribution < 1.29 is 14.3 Å². The van der Waals surface area contributed by atoms with Crippen LogP contribution in [-0.2, 0) is 4.79 Å². The van der Waals surface area contributed by atoms with Crippen LogP contribution < -0.4 is 14.8 Å². The van der Waals surface area contributed by atoms with E-state index in [2.05, 4.69) is 5.32 Å². The molecule has 1 aliphatic heterocycles. The van der Waals surface area contributed by atoms with Gasteiger partial charge >= 0.3 is 0 Å². The summed E-state index contributed by atoms with van der Waals surface area (Å²) in [7, 11) is 3.21. The fourth-order valence-corrected chi connectivity index (χ4v) is 4.28. The summed E-state index contributed by atoms with van der Waals surface area (Å²) in [6, 6.07) is 9.19. The van der Waals surface area contributed by atoms with Crippen LogP contribution in [0.3, 0.4) is 0 Å². The van der Waals surface area contributed by atoms with Crippen molar-refractivity contribution >= 4 is 34.7 Å². The lowest BCUT2D eigenvalue weighted by Crippen LogP contribution is -2.32. The van der Waals surface area contributed by atoms with E-state index in [1.54, 1.807) is 20.3 Å². The van der Waals surface area contributed by atoms with Crippen molar-refractivity contribution in [1.29, 1.82) is 0 Å². The van der Waals surface area contributed by atoms with Gasteiger partial charge in [-0.15, -0.1) is 0 Å². The van der Waals surface area contributed by atoms with E-state index in [1.165, 1.54) is 0 Å². The Balaban J connectivity index is 1.98. The van der Waals surface area contributed by atoms with E-state index < -0.39 is 0 Å². The van der Waals surface area contributed by atoms with Gasteiger partial charge in [-0.25, -0.2) is 0 Å². The highest BCUT2D eigenvalue weighted by Gasteiger charge is 2.37. The lowest BCUT2D eigenvalue weighted by Gasteiger charge is -2.24. The van der Waals surface area contributed by atoms with E-state index in [4.69, 9.17) is 32.7 Å². The third-order valence-corrected chi connectivity index (χ3v) is 5.48. The first kappa shape index (κ1) is 17.3. The third kappa shape index (κ3) is 2.65. The smallest absolute Gasteiger partial charge is 0.221 e. The Labute approximate surface area is 161 Å². The van der Waals surface area contributed by atoms with Gasteiger partial charge in [0.15, 0.2) is 11.5 Å². The molecule has 4 nitrogen and oxygen atoms in total. The van der Waals surface area contributed by atoms with Crippen LogP contribution in [0, 0.1) is 0 Å². The number of hydrogen-bond donors (Lipinski definition) is 1. The normalized spacial score (nSPS) is 18.3. The second kappa shape index (κ2) is 6.53. The summed E-state index contributed by atoms with van der Waals surface area (Å²) in [5, 5.41) is 4.26. The van der Waals surface area contributed by atoms with E-state index in [0.717, 1.165) is 27.8 Å². The molecule has 1 amide bonds. The summed E-state index contributed by atoms with van der Waals surface area (Å²) in [5.41, 5.74) is 5.07. The van der Waals surface area contributed by atoms with Gasteiger partial charge < -0.3 is 14.8 Å². The zero-order valence-corrected chi connectivity index (χ0v) is 15.9. The molecular formula is C20H17Cl2NO3. The van der Waals surface area contributed by atoms with E-state index in [-0.39, 0.29) is 11.9 Å². The largest absolute Gasteiger partial charge is 0.493 e. The van der Waals surface area contributed by atoms with Gasteiger partial charge in [0.25, 0.3) is 0 Å². The average Bonchev–Trinajstić information content (AvgIpc) is 2.93. The van der Waals surface area contributed by atoms with Crippen molar-refractivity contribution in [2.45, 2.75) is 18.9 Å². The maximum Gasteiger partial charge on any atom is 0.221 e. The van der Waals surface area contributed by atoms with E-state index >= 15 is 0 Å². The molecule has 1 fully saturated rings. The Bertz CT molecular complexity index is 952. The Morgan fingerprint density at radius 1 is 1.00 bits per heavy atom. The van der Waals surface area contributed by atoms with Gasteiger partial charge in [0.1, 0.15) is 0 Å². The zero-order chi connectivity index (χ0) is 18.4. The molecule has 6 heteroatoms. The van der Waals surface area contributed by atoms with Crippen molar-refractivity contribution in [2.24, 2.45) is 0 Å². The molecule has 2 aliphatic rings. The molecule has 1 unspecified atom stereocenters. The van der Waals surface area contributed by atoms with E-state index in [0.29, 0.717) is 34.4 Å². The number of halogens is 2. The highest BCUT2D eigenvalue weighted by molar-refractivity contribution is 6.36. The molecule has 1 heterocycles. The molecule has 2 aromatic rings. The topological polar surface area (TPSA) is 47.6 Å². The van der Waals surface area contributed by atoms with Crippen LogP contribution in [0.5, 0.6) is 11.5 Å². The maximum atomic E-state index is 12.0. The molecule has 1 N–H and O–H groups in total. The van der Waals surface area contributed by atoms with Gasteiger partial charge in [-0.1, -0.05) is 29.3 Å². The minimum atomic E-state index is -0.173. The molecule has 2 aromatic carbocycles. The highest BCUT2D eigenvalue weighted by atomic mass is 35.5. The van der Waals surface area contributed by atoms with Crippen LogP contribution >= 0.6 is 23.2 Å². The summed E-state index contributed by atoms with van der Waals surface area (Å²) in [5.74, 6) is 1.32. The number of nitrogens with one attached hydrogen (secondary N) is 1. The number of fused-ring (bicyclic) bond motifs is 3. The Hall–Kier alpha value is -2.17. The minimum Gasteiger partial charge on any atom is -0.493 e. The number of carbonyl (C=O) groups excluding carboxylic acids is 1. The lowest BCUT2D eigenvalue weighted by molar-refractivity contribution is -0.122. The van der Waals surface area contributed by atoms with Crippen LogP contribution in [0.2, 0.25) is 10.0 Å². The van der Waals surface area contributed by atoms with Gasteiger partial charge in [-0.3, -0.25) is 4.79 Å². The summed E-state index contributed by atoms with van der Waals surface area (Å²) in [6.45, 7) is 0. The standard InChI is InChI=1S/C20H17Cl2NO3/c1-25-16-8-13-14(9-17(16)26-2)20-12(5-6-18(24)23-20)19(13)11-4-3-10(21)7-15(11)22/h3-4,7-9,20H,5-6H2,1-2H3,(H,23,24). The molecule has 1 atom stereocenters. The second-order valence-electron chi connectivity index (χ2n) is 6.32. The molecule has 1 aliphatic carbocycles. The average molecular weight is 390 g/mol. The van der Waals surface area contributed by atoms with Crippen LogP contribution in [0.25, 0.3) is 5.57 Å². The first-order chi connectivity index (χ1) is 12.5. The number of amides is 1. The molecule has 26 heavy (non-hydrogen) atoms. The molecule has 134 valence electrons. The van der Waals surface area contributed by atoms with Crippen LogP contribution in [0.15, 0.2) is 35.9 Å². The summed E-state index contributed by atoms with van der Waals surface area (Å²) in [4.78, 5) is 12.0. The monoisotopic (exact) mass is 389 g/mol. The number of ether oxygens (including phenoxy) is 2. The van der Waals surface area contributed by atoms with Crippen LogP contribution in [0.4, 0.5) is 0 Å². The van der Waals surface area contributed by atoms with Crippen LogP contribution in [0.1, 0.15) is 35.6 Å². The Morgan fingerprint density at radius 3 is 2.42 bits per heavy atom. The van der Waals surface area contributed by atoms with Crippen molar-refractivity contribution in [3.8, 4) is 11.5 Å². The van der Waals surface area contributed by atoms with E-state index in [1.807, 2.05) is 24.3 Å². The molecular weight excluding hydrogens is 373 g/mol. The fraction of sp³-hybridized carbons (Fsp3) is 0.250. The minimum absolute atomic E-state index is 0.0444. The predicted octanol–water partition coefficient (Wildman–Crippen LogP) is 4.78. The van der Waals surface area contributed by atoms with Crippen molar-refractivity contribution in [3.63, 3.8) is 0 Å². The summed E-state index contributed by atoms with van der Waals surface area (Å²) >= 11 is 12.6. The van der Waals surface area contributed by atoms with Gasteiger partial charge in [-0.2, -0.15) is 0 Å². The lowest BCUT2D eigenvalue weighted by atomic mass is 9.93. The van der Waals surface area contributed by atoms with Gasteiger partial charge in [-0.05, 0) is 53.0 Å². The number of piperidine rings is 1. The summed E-state index contributed by atoms with van der Waals surface area (Å²) in [6.07, 6.45) is 1.15. The van der Waals surface area contributed by atoms with Gasteiger partial charge in [0.2, 0.25) is 5.91 Å². The molecule has 1 saturated heterocycles. The zero-order valence-electron chi connectivity index (χ0n) is 14.4. The first-order valence-corrected chi connectivity index (χ1v) is 9.03. The van der Waals surface area contributed by atoms with Gasteiger partial charge in [0.05, 0.1) is 20.3 Å². The number of carbonyl (C=O) groups is 1. The SMILES string of the molecule is COc1cc2c(cc1OC)C1NC(=O)CCC1=C2c1ccc(Cl)cc1Cl. The van der Waals surface area contributed by atoms with E-state index in [9.17, 15) is 4.79 Å². The summed E-state index contributed by atoms with van der Waals surface area (Å²) < 4.78 is 10.9. The number of benzene rings is 2. The van der Waals surface area contributed by atoms with Crippen molar-refractivity contribution in [1.82, 2.24) is 5.32 Å². The van der Waals surface area contributed by atoms with Crippen molar-refractivity contribution in [2.75, 3.05) is 14.2 Å². The predicted molar refractivity (Wildman–Crippen MR) is 102 cm³/mol. The Morgan fingerprint density at radius 2 is 1.73 bits per heavy atom. The molecule has 0 spiro atoms. The second-order valence-corrected chi connectivity index (χ2v) is 7.16.